The van der Waals surface area contributed by atoms with E-state index in [0.29, 0.717) is 36.0 Å². The predicted molar refractivity (Wildman–Crippen MR) is 115 cm³/mol. The first-order valence-corrected chi connectivity index (χ1v) is 10.1. The van der Waals surface area contributed by atoms with Crippen molar-refractivity contribution in [1.29, 1.82) is 0 Å². The summed E-state index contributed by atoms with van der Waals surface area (Å²) in [5, 5.41) is 2.66. The lowest BCUT2D eigenvalue weighted by atomic mass is 10.1. The molecule has 0 bridgehead atoms. The van der Waals surface area contributed by atoms with Gasteiger partial charge in [0, 0.05) is 18.3 Å². The number of methoxy groups -OCH3 is 1. The summed E-state index contributed by atoms with van der Waals surface area (Å²) in [6.07, 6.45) is 0.502. The Hall–Kier alpha value is -3.42. The predicted octanol–water partition coefficient (Wildman–Crippen LogP) is 4.05. The Kier molecular flexibility index (Phi) is 6.89. The average molecular weight is 427 g/mol. The number of halogens is 1. The highest BCUT2D eigenvalue weighted by atomic mass is 19.1. The van der Waals surface area contributed by atoms with E-state index in [-0.39, 0.29) is 6.42 Å². The zero-order valence-corrected chi connectivity index (χ0v) is 17.8. The third-order valence-electron chi connectivity index (χ3n) is 5.08. The van der Waals surface area contributed by atoms with Crippen molar-refractivity contribution in [3.05, 3.63) is 54.3 Å². The highest BCUT2D eigenvalue weighted by Crippen LogP contribution is 2.30. The van der Waals surface area contributed by atoms with Crippen LogP contribution in [0.1, 0.15) is 26.7 Å². The minimum atomic E-state index is -0.919. The molecule has 8 heteroatoms. The van der Waals surface area contributed by atoms with E-state index in [1.54, 1.807) is 24.3 Å². The van der Waals surface area contributed by atoms with Crippen molar-refractivity contribution in [2.24, 2.45) is 5.92 Å². The van der Waals surface area contributed by atoms with Crippen LogP contribution < -0.4 is 15.0 Å². The van der Waals surface area contributed by atoms with Gasteiger partial charge in [0.1, 0.15) is 17.6 Å². The standard InChI is InChI=1S/C23H26FN3O4/c1-15(2)11-12-26-20(14-21(28)25-17-9-7-16(24)8-10-17)22(29)27(23(26)30)18-5-4-6-19(13-18)31-3/h4-10,13,15,20H,11-12,14H2,1-3H3,(H,25,28)/t20-/m1/s1. The summed E-state index contributed by atoms with van der Waals surface area (Å²) < 4.78 is 18.3. The lowest BCUT2D eigenvalue weighted by molar-refractivity contribution is -0.124. The van der Waals surface area contributed by atoms with Crippen molar-refractivity contribution >= 4 is 29.2 Å². The van der Waals surface area contributed by atoms with Gasteiger partial charge in [-0.05, 0) is 48.7 Å². The lowest BCUT2D eigenvalue weighted by Gasteiger charge is -2.22. The molecule has 31 heavy (non-hydrogen) atoms. The molecule has 0 radical (unpaired) electrons. The summed E-state index contributed by atoms with van der Waals surface area (Å²) in [4.78, 5) is 41.5. The number of amides is 4. The van der Waals surface area contributed by atoms with Gasteiger partial charge in [0.25, 0.3) is 5.91 Å². The summed E-state index contributed by atoms with van der Waals surface area (Å²) in [7, 11) is 1.50. The number of hydrogen-bond acceptors (Lipinski definition) is 4. The molecule has 1 saturated heterocycles. The SMILES string of the molecule is COc1cccc(N2C(=O)[C@@H](CC(=O)Nc3ccc(F)cc3)N(CCC(C)C)C2=O)c1. The Labute approximate surface area is 180 Å². The number of nitrogens with one attached hydrogen (secondary N) is 1. The molecule has 0 spiro atoms. The van der Waals surface area contributed by atoms with Gasteiger partial charge in [-0.2, -0.15) is 0 Å². The first kappa shape index (κ1) is 22.3. The maximum atomic E-state index is 13.2. The van der Waals surface area contributed by atoms with E-state index in [1.165, 1.54) is 36.3 Å². The van der Waals surface area contributed by atoms with E-state index in [2.05, 4.69) is 5.32 Å². The zero-order chi connectivity index (χ0) is 22.5. The molecule has 0 aromatic heterocycles. The van der Waals surface area contributed by atoms with Gasteiger partial charge in [0.05, 0.1) is 19.2 Å². The smallest absolute Gasteiger partial charge is 0.332 e. The number of ether oxygens (including phenoxy) is 1. The molecule has 4 amide bonds. The van der Waals surface area contributed by atoms with Gasteiger partial charge in [-0.1, -0.05) is 19.9 Å². The van der Waals surface area contributed by atoms with Crippen molar-refractivity contribution in [1.82, 2.24) is 4.90 Å². The van der Waals surface area contributed by atoms with Crippen LogP contribution in [0.25, 0.3) is 0 Å². The maximum Gasteiger partial charge on any atom is 0.332 e. The summed E-state index contributed by atoms with van der Waals surface area (Å²) >= 11 is 0. The van der Waals surface area contributed by atoms with Crippen molar-refractivity contribution in [3.8, 4) is 5.75 Å². The van der Waals surface area contributed by atoms with E-state index >= 15 is 0 Å². The van der Waals surface area contributed by atoms with Crippen molar-refractivity contribution < 1.29 is 23.5 Å². The summed E-state index contributed by atoms with van der Waals surface area (Å²) in [6, 6.07) is 10.6. The van der Waals surface area contributed by atoms with Gasteiger partial charge in [0.2, 0.25) is 5.91 Å². The second kappa shape index (κ2) is 9.59. The second-order valence-corrected chi connectivity index (χ2v) is 7.81. The van der Waals surface area contributed by atoms with Crippen LogP contribution in [0.3, 0.4) is 0 Å². The van der Waals surface area contributed by atoms with Crippen LogP contribution in [0.2, 0.25) is 0 Å². The third kappa shape index (κ3) is 5.20. The Balaban J connectivity index is 1.82. The monoisotopic (exact) mass is 427 g/mol. The number of carbonyl (C=O) groups is 3. The van der Waals surface area contributed by atoms with Crippen molar-refractivity contribution in [3.63, 3.8) is 0 Å². The fourth-order valence-corrected chi connectivity index (χ4v) is 3.39. The van der Waals surface area contributed by atoms with Gasteiger partial charge in [-0.3, -0.25) is 9.59 Å². The van der Waals surface area contributed by atoms with Crippen LogP contribution in [-0.2, 0) is 9.59 Å². The fourth-order valence-electron chi connectivity index (χ4n) is 3.39. The number of hydrogen-bond donors (Lipinski definition) is 1. The highest BCUT2D eigenvalue weighted by Gasteiger charge is 2.46. The minimum absolute atomic E-state index is 0.194. The summed E-state index contributed by atoms with van der Waals surface area (Å²) in [6.45, 7) is 4.41. The number of urea groups is 1. The summed E-state index contributed by atoms with van der Waals surface area (Å²) in [5.74, 6) is -0.466. The molecule has 1 heterocycles. The quantitative estimate of drug-likeness (QED) is 0.645. The molecule has 1 aliphatic heterocycles. The Morgan fingerprint density at radius 1 is 1.16 bits per heavy atom. The molecular weight excluding hydrogens is 401 g/mol. The topological polar surface area (TPSA) is 79.0 Å². The second-order valence-electron chi connectivity index (χ2n) is 7.81. The van der Waals surface area contributed by atoms with Crippen LogP contribution in [0.5, 0.6) is 5.75 Å². The van der Waals surface area contributed by atoms with Gasteiger partial charge < -0.3 is 15.0 Å². The molecular formula is C23H26FN3O4. The van der Waals surface area contributed by atoms with Crippen molar-refractivity contribution in [2.45, 2.75) is 32.7 Å². The fraction of sp³-hybridized carbons (Fsp3) is 0.348. The number of nitrogens with zero attached hydrogens (tertiary/aromatic N) is 2. The molecule has 0 unspecified atom stereocenters. The van der Waals surface area contributed by atoms with Gasteiger partial charge in [0.15, 0.2) is 0 Å². The highest BCUT2D eigenvalue weighted by molar-refractivity contribution is 6.22. The Morgan fingerprint density at radius 3 is 2.52 bits per heavy atom. The largest absolute Gasteiger partial charge is 0.497 e. The number of anilines is 2. The number of rotatable bonds is 8. The van der Waals surface area contributed by atoms with Gasteiger partial charge in [-0.25, -0.2) is 14.1 Å². The molecule has 1 fully saturated rings. The summed E-state index contributed by atoms with van der Waals surface area (Å²) in [5.41, 5.74) is 0.812. The van der Waals surface area contributed by atoms with Gasteiger partial charge >= 0.3 is 6.03 Å². The molecule has 2 aromatic rings. The molecule has 3 rings (SSSR count). The Morgan fingerprint density at radius 2 is 1.87 bits per heavy atom. The van der Waals surface area contributed by atoms with Crippen LogP contribution in [0, 0.1) is 11.7 Å². The molecule has 1 atom stereocenters. The van der Waals surface area contributed by atoms with Crippen LogP contribution in [0.15, 0.2) is 48.5 Å². The number of benzene rings is 2. The molecule has 7 nitrogen and oxygen atoms in total. The average Bonchev–Trinajstić information content (AvgIpc) is 2.97. The third-order valence-corrected chi connectivity index (χ3v) is 5.08. The first-order valence-electron chi connectivity index (χ1n) is 10.1. The van der Waals surface area contributed by atoms with E-state index in [4.69, 9.17) is 4.74 Å². The van der Waals surface area contributed by atoms with Crippen LogP contribution in [0.4, 0.5) is 20.6 Å². The van der Waals surface area contributed by atoms with E-state index in [0.717, 1.165) is 4.90 Å². The number of imide groups is 1. The van der Waals surface area contributed by atoms with Gasteiger partial charge in [-0.15, -0.1) is 0 Å². The van der Waals surface area contributed by atoms with Crippen LogP contribution in [-0.4, -0.2) is 42.4 Å². The van der Waals surface area contributed by atoms with E-state index in [9.17, 15) is 18.8 Å². The lowest BCUT2D eigenvalue weighted by Crippen LogP contribution is -2.39. The number of carbonyl (C=O) groups excluding carboxylic acids is 3. The molecule has 0 saturated carbocycles. The van der Waals surface area contributed by atoms with Crippen molar-refractivity contribution in [2.75, 3.05) is 23.9 Å². The minimum Gasteiger partial charge on any atom is -0.497 e. The normalized spacial score (nSPS) is 16.2. The zero-order valence-electron chi connectivity index (χ0n) is 17.8. The maximum absolute atomic E-state index is 13.2. The molecule has 164 valence electrons. The molecule has 1 aliphatic rings. The van der Waals surface area contributed by atoms with E-state index < -0.39 is 29.7 Å². The Bertz CT molecular complexity index is 962. The molecule has 2 aromatic carbocycles. The molecule has 0 aliphatic carbocycles. The van der Waals surface area contributed by atoms with Crippen LogP contribution >= 0.6 is 0 Å². The first-order chi connectivity index (χ1) is 14.8. The van der Waals surface area contributed by atoms with E-state index in [1.807, 2.05) is 13.8 Å². The molecule has 1 N–H and O–H groups in total.